The molecule has 0 saturated carbocycles. The number of rotatable bonds is 4. The lowest BCUT2D eigenvalue weighted by atomic mass is 10.1. The summed E-state index contributed by atoms with van der Waals surface area (Å²) in [7, 11) is 1.53. The predicted octanol–water partition coefficient (Wildman–Crippen LogP) is 3.17. The third-order valence-electron chi connectivity index (χ3n) is 2.69. The molecule has 0 amide bonds. The molecule has 0 aromatic heterocycles. The monoisotopic (exact) mass is 260 g/mol. The molecule has 0 saturated heterocycles. The van der Waals surface area contributed by atoms with Crippen molar-refractivity contribution >= 4 is 16.7 Å². The van der Waals surface area contributed by atoms with Gasteiger partial charge in [-0.25, -0.2) is 0 Å². The third kappa shape index (κ3) is 2.62. The molecule has 0 unspecified atom stereocenters. The minimum absolute atomic E-state index is 0.382. The number of ether oxygens (including phenoxy) is 3. The van der Waals surface area contributed by atoms with Crippen molar-refractivity contribution in [2.24, 2.45) is 0 Å². The summed E-state index contributed by atoms with van der Waals surface area (Å²) >= 11 is 0. The van der Waals surface area contributed by atoms with Gasteiger partial charge in [0.05, 0.1) is 13.7 Å². The number of hydrogen-bond donors (Lipinski definition) is 0. The highest BCUT2D eigenvalue weighted by atomic mass is 16.6. The number of carbonyl (C=O) groups excluding carboxylic acids is 1. The first-order valence-corrected chi connectivity index (χ1v) is 6.08. The second kappa shape index (κ2) is 5.61. The molecule has 19 heavy (non-hydrogen) atoms. The van der Waals surface area contributed by atoms with Gasteiger partial charge in [0.1, 0.15) is 5.75 Å². The average molecular weight is 260 g/mol. The Morgan fingerprint density at radius 3 is 2.42 bits per heavy atom. The van der Waals surface area contributed by atoms with Crippen LogP contribution in [0.3, 0.4) is 0 Å². The van der Waals surface area contributed by atoms with Crippen molar-refractivity contribution in [1.82, 2.24) is 0 Å². The number of hydrogen-bond acceptors (Lipinski definition) is 4. The maximum Gasteiger partial charge on any atom is 0.308 e. The van der Waals surface area contributed by atoms with Gasteiger partial charge in [-0.15, -0.1) is 0 Å². The van der Waals surface area contributed by atoms with Crippen LogP contribution in [-0.2, 0) is 4.79 Å². The van der Waals surface area contributed by atoms with Crippen molar-refractivity contribution in [1.29, 1.82) is 0 Å². The van der Waals surface area contributed by atoms with Gasteiger partial charge in [0.25, 0.3) is 0 Å². The summed E-state index contributed by atoms with van der Waals surface area (Å²) in [6.07, 6.45) is 0. The van der Waals surface area contributed by atoms with E-state index in [1.165, 1.54) is 14.0 Å². The van der Waals surface area contributed by atoms with Crippen molar-refractivity contribution in [3.05, 3.63) is 30.3 Å². The first-order chi connectivity index (χ1) is 9.17. The Labute approximate surface area is 111 Å². The summed E-state index contributed by atoms with van der Waals surface area (Å²) in [6, 6.07) is 9.33. The fourth-order valence-corrected chi connectivity index (χ4v) is 1.97. The fraction of sp³-hybridized carbons (Fsp3) is 0.267. The van der Waals surface area contributed by atoms with Gasteiger partial charge < -0.3 is 14.2 Å². The van der Waals surface area contributed by atoms with Crippen molar-refractivity contribution < 1.29 is 19.0 Å². The topological polar surface area (TPSA) is 44.8 Å². The number of methoxy groups -OCH3 is 1. The smallest absolute Gasteiger partial charge is 0.308 e. The first kappa shape index (κ1) is 13.2. The van der Waals surface area contributed by atoms with Crippen molar-refractivity contribution in [3.8, 4) is 17.2 Å². The van der Waals surface area contributed by atoms with Crippen molar-refractivity contribution in [2.45, 2.75) is 13.8 Å². The molecule has 4 heteroatoms. The van der Waals surface area contributed by atoms with E-state index in [-0.39, 0.29) is 5.97 Å². The minimum atomic E-state index is -0.382. The highest BCUT2D eigenvalue weighted by Crippen LogP contribution is 2.41. The zero-order chi connectivity index (χ0) is 13.8. The van der Waals surface area contributed by atoms with E-state index in [1.807, 2.05) is 31.2 Å². The summed E-state index contributed by atoms with van der Waals surface area (Å²) in [5.74, 6) is 1.24. The summed E-state index contributed by atoms with van der Waals surface area (Å²) in [6.45, 7) is 3.84. The van der Waals surface area contributed by atoms with E-state index in [4.69, 9.17) is 14.2 Å². The van der Waals surface area contributed by atoms with E-state index < -0.39 is 0 Å². The van der Waals surface area contributed by atoms with E-state index >= 15 is 0 Å². The lowest BCUT2D eigenvalue weighted by molar-refractivity contribution is -0.131. The summed E-state index contributed by atoms with van der Waals surface area (Å²) < 4.78 is 16.1. The highest BCUT2D eigenvalue weighted by molar-refractivity contribution is 5.97. The first-order valence-electron chi connectivity index (χ1n) is 6.08. The molecule has 2 aromatic carbocycles. The second-order valence-electron chi connectivity index (χ2n) is 3.98. The Bertz CT molecular complexity index is 604. The number of fused-ring (bicyclic) bond motifs is 1. The van der Waals surface area contributed by atoms with Crippen LogP contribution >= 0.6 is 0 Å². The largest absolute Gasteiger partial charge is 0.493 e. The molecule has 0 aliphatic rings. The Morgan fingerprint density at radius 1 is 1.16 bits per heavy atom. The van der Waals surface area contributed by atoms with Crippen LogP contribution in [-0.4, -0.2) is 19.7 Å². The van der Waals surface area contributed by atoms with Crippen LogP contribution in [0.25, 0.3) is 10.8 Å². The van der Waals surface area contributed by atoms with Gasteiger partial charge in [-0.1, -0.05) is 24.3 Å². The molecule has 2 aromatic rings. The average Bonchev–Trinajstić information content (AvgIpc) is 2.41. The molecular formula is C15H16O4. The summed E-state index contributed by atoms with van der Waals surface area (Å²) in [5.41, 5.74) is 0. The third-order valence-corrected chi connectivity index (χ3v) is 2.69. The van der Waals surface area contributed by atoms with E-state index in [1.54, 1.807) is 6.07 Å². The van der Waals surface area contributed by atoms with Gasteiger partial charge >= 0.3 is 5.97 Å². The van der Waals surface area contributed by atoms with E-state index in [0.717, 1.165) is 10.8 Å². The zero-order valence-electron chi connectivity index (χ0n) is 11.2. The number of benzene rings is 2. The maximum atomic E-state index is 11.2. The van der Waals surface area contributed by atoms with Gasteiger partial charge in [0, 0.05) is 23.8 Å². The van der Waals surface area contributed by atoms with E-state index in [0.29, 0.717) is 23.9 Å². The molecule has 0 N–H and O–H groups in total. The lowest BCUT2D eigenvalue weighted by Crippen LogP contribution is -2.04. The quantitative estimate of drug-likeness (QED) is 0.625. The predicted molar refractivity (Wildman–Crippen MR) is 73.0 cm³/mol. The van der Waals surface area contributed by atoms with Gasteiger partial charge in [0.15, 0.2) is 11.5 Å². The van der Waals surface area contributed by atoms with Crippen LogP contribution in [0, 0.1) is 0 Å². The normalized spacial score (nSPS) is 10.3. The summed E-state index contributed by atoms with van der Waals surface area (Å²) in [4.78, 5) is 11.2. The molecular weight excluding hydrogens is 244 g/mol. The lowest BCUT2D eigenvalue weighted by Gasteiger charge is -2.15. The molecule has 4 nitrogen and oxygen atoms in total. The molecule has 0 spiro atoms. The Kier molecular flexibility index (Phi) is 3.90. The Balaban J connectivity index is 2.71. The molecule has 0 aliphatic heterocycles. The number of esters is 1. The van der Waals surface area contributed by atoms with Crippen LogP contribution < -0.4 is 14.2 Å². The van der Waals surface area contributed by atoms with Crippen LogP contribution in [0.4, 0.5) is 0 Å². The van der Waals surface area contributed by atoms with Crippen LogP contribution in [0.1, 0.15) is 13.8 Å². The maximum absolute atomic E-state index is 11.2. The number of carbonyl (C=O) groups is 1. The standard InChI is InChI=1S/C15H16O4/c1-4-18-13-9-14(17-3)15(19-10(2)16)12-8-6-5-7-11(12)13/h5-9H,4H2,1-3H3. The Morgan fingerprint density at radius 2 is 1.84 bits per heavy atom. The molecule has 0 radical (unpaired) electrons. The van der Waals surface area contributed by atoms with E-state index in [9.17, 15) is 4.79 Å². The second-order valence-corrected chi connectivity index (χ2v) is 3.98. The van der Waals surface area contributed by atoms with Gasteiger partial charge in [-0.3, -0.25) is 4.79 Å². The SMILES string of the molecule is CCOc1cc(OC)c(OC(C)=O)c2ccccc12. The van der Waals surface area contributed by atoms with Crippen LogP contribution in [0.2, 0.25) is 0 Å². The van der Waals surface area contributed by atoms with Crippen molar-refractivity contribution in [3.63, 3.8) is 0 Å². The molecule has 0 bridgehead atoms. The van der Waals surface area contributed by atoms with Crippen LogP contribution in [0.5, 0.6) is 17.2 Å². The molecule has 0 heterocycles. The van der Waals surface area contributed by atoms with Crippen molar-refractivity contribution in [2.75, 3.05) is 13.7 Å². The molecule has 0 atom stereocenters. The van der Waals surface area contributed by atoms with Crippen LogP contribution in [0.15, 0.2) is 30.3 Å². The minimum Gasteiger partial charge on any atom is -0.493 e. The van der Waals surface area contributed by atoms with Gasteiger partial charge in [0.2, 0.25) is 0 Å². The molecule has 100 valence electrons. The molecule has 0 fully saturated rings. The summed E-state index contributed by atoms with van der Waals surface area (Å²) in [5, 5.41) is 1.68. The highest BCUT2D eigenvalue weighted by Gasteiger charge is 2.16. The van der Waals surface area contributed by atoms with E-state index in [2.05, 4.69) is 0 Å². The zero-order valence-corrected chi connectivity index (χ0v) is 11.2. The van der Waals surface area contributed by atoms with Gasteiger partial charge in [-0.05, 0) is 6.92 Å². The fourth-order valence-electron chi connectivity index (χ4n) is 1.97. The van der Waals surface area contributed by atoms with Gasteiger partial charge in [-0.2, -0.15) is 0 Å². The molecule has 2 rings (SSSR count). The Hall–Kier alpha value is -2.23. The molecule has 0 aliphatic carbocycles.